The van der Waals surface area contributed by atoms with Crippen molar-refractivity contribution in [1.29, 1.82) is 0 Å². The number of nitrogens with one attached hydrogen (secondary N) is 1. The van der Waals surface area contributed by atoms with Gasteiger partial charge in [-0.1, -0.05) is 46.3 Å². The molecule has 1 N–H and O–H groups in total. The normalized spacial score (nSPS) is 17.4. The van der Waals surface area contributed by atoms with E-state index in [-0.39, 0.29) is 11.8 Å². The Morgan fingerprint density at radius 1 is 1.21 bits per heavy atom. The van der Waals surface area contributed by atoms with Crippen LogP contribution in [0.5, 0.6) is 0 Å². The third-order valence-electron chi connectivity index (χ3n) is 5.01. The molecule has 2 heterocycles. The van der Waals surface area contributed by atoms with Crippen molar-refractivity contribution >= 4 is 27.5 Å². The molecule has 1 fully saturated rings. The number of piperidine rings is 1. The van der Waals surface area contributed by atoms with Gasteiger partial charge in [-0.05, 0) is 43.1 Å². The van der Waals surface area contributed by atoms with Crippen LogP contribution in [0.3, 0.4) is 0 Å². The Balaban J connectivity index is 1.46. The van der Waals surface area contributed by atoms with Crippen LogP contribution in [-0.4, -0.2) is 38.7 Å². The van der Waals surface area contributed by atoms with E-state index in [1.165, 1.54) is 11.9 Å². The van der Waals surface area contributed by atoms with Gasteiger partial charge in [0.25, 0.3) is 0 Å². The van der Waals surface area contributed by atoms with Gasteiger partial charge in [-0.15, -0.1) is 0 Å². The van der Waals surface area contributed by atoms with Crippen LogP contribution in [0, 0.1) is 5.92 Å². The molecule has 1 amide bonds. The lowest BCUT2D eigenvalue weighted by molar-refractivity contribution is -0.121. The van der Waals surface area contributed by atoms with Gasteiger partial charge in [0.1, 0.15) is 12.7 Å². The summed E-state index contributed by atoms with van der Waals surface area (Å²) in [5.74, 6) is 0.0252. The van der Waals surface area contributed by atoms with E-state index >= 15 is 0 Å². The summed E-state index contributed by atoms with van der Waals surface area (Å²) < 4.78 is 2.56. The second-order valence-electron chi connectivity index (χ2n) is 7.05. The molecule has 1 unspecified atom stereocenters. The van der Waals surface area contributed by atoms with E-state index in [0.717, 1.165) is 48.3 Å². The SMILES string of the molecule is O=C(Nc1cc(Br)ccc1-n1cncn1)C1CCCN(Cc2ccccc2)C1. The van der Waals surface area contributed by atoms with Gasteiger partial charge < -0.3 is 5.32 Å². The molecule has 7 heteroatoms. The van der Waals surface area contributed by atoms with Gasteiger partial charge in [0.2, 0.25) is 5.91 Å². The third kappa shape index (κ3) is 4.48. The summed E-state index contributed by atoms with van der Waals surface area (Å²) in [6, 6.07) is 16.2. The second-order valence-corrected chi connectivity index (χ2v) is 7.97. The Morgan fingerprint density at radius 2 is 2.07 bits per heavy atom. The number of carbonyl (C=O) groups excluding carboxylic acids is 1. The van der Waals surface area contributed by atoms with Crippen molar-refractivity contribution in [1.82, 2.24) is 19.7 Å². The molecule has 0 aliphatic carbocycles. The van der Waals surface area contributed by atoms with E-state index in [4.69, 9.17) is 0 Å². The fourth-order valence-corrected chi connectivity index (χ4v) is 3.99. The van der Waals surface area contributed by atoms with Crippen LogP contribution < -0.4 is 5.32 Å². The summed E-state index contributed by atoms with van der Waals surface area (Å²) in [4.78, 5) is 19.4. The molecule has 3 aromatic rings. The molecule has 2 aromatic carbocycles. The van der Waals surface area contributed by atoms with Crippen molar-refractivity contribution < 1.29 is 4.79 Å². The molecule has 1 aliphatic rings. The molecular formula is C21H22BrN5O. The van der Waals surface area contributed by atoms with Gasteiger partial charge in [-0.25, -0.2) is 9.67 Å². The highest BCUT2D eigenvalue weighted by atomic mass is 79.9. The van der Waals surface area contributed by atoms with E-state index < -0.39 is 0 Å². The van der Waals surface area contributed by atoms with E-state index in [0.29, 0.717) is 0 Å². The fraction of sp³-hybridized carbons (Fsp3) is 0.286. The summed E-state index contributed by atoms with van der Waals surface area (Å²) in [7, 11) is 0. The fourth-order valence-electron chi connectivity index (χ4n) is 3.63. The number of anilines is 1. The number of carbonyl (C=O) groups is 1. The first-order valence-corrected chi connectivity index (χ1v) is 10.2. The Labute approximate surface area is 172 Å². The molecule has 1 saturated heterocycles. The number of hydrogen-bond acceptors (Lipinski definition) is 4. The molecule has 1 aliphatic heterocycles. The molecule has 6 nitrogen and oxygen atoms in total. The van der Waals surface area contributed by atoms with Crippen molar-refractivity contribution in [2.45, 2.75) is 19.4 Å². The number of nitrogens with zero attached hydrogens (tertiary/aromatic N) is 4. The molecule has 28 heavy (non-hydrogen) atoms. The number of hydrogen-bond donors (Lipinski definition) is 1. The number of benzene rings is 2. The standard InChI is InChI=1S/C21H22BrN5O/c22-18-8-9-20(27-15-23-14-24-27)19(11-18)25-21(28)17-7-4-10-26(13-17)12-16-5-2-1-3-6-16/h1-3,5-6,8-9,11,14-15,17H,4,7,10,12-13H2,(H,25,28). The molecule has 0 saturated carbocycles. The molecular weight excluding hydrogens is 418 g/mol. The monoisotopic (exact) mass is 439 g/mol. The highest BCUT2D eigenvalue weighted by Crippen LogP contribution is 2.26. The Morgan fingerprint density at radius 3 is 2.86 bits per heavy atom. The van der Waals surface area contributed by atoms with Crippen molar-refractivity contribution in [3.05, 3.63) is 71.2 Å². The van der Waals surface area contributed by atoms with Crippen LogP contribution in [0.25, 0.3) is 5.69 Å². The van der Waals surface area contributed by atoms with E-state index in [9.17, 15) is 4.79 Å². The van der Waals surface area contributed by atoms with Crippen molar-refractivity contribution in [2.24, 2.45) is 5.92 Å². The van der Waals surface area contributed by atoms with Crippen LogP contribution >= 0.6 is 15.9 Å². The van der Waals surface area contributed by atoms with Gasteiger partial charge in [0.05, 0.1) is 17.3 Å². The minimum Gasteiger partial charge on any atom is -0.324 e. The summed E-state index contributed by atoms with van der Waals surface area (Å²) in [6.07, 6.45) is 5.04. The average Bonchev–Trinajstić information content (AvgIpc) is 3.24. The lowest BCUT2D eigenvalue weighted by Crippen LogP contribution is -2.40. The number of rotatable bonds is 5. The van der Waals surface area contributed by atoms with Crippen molar-refractivity contribution in [3.63, 3.8) is 0 Å². The van der Waals surface area contributed by atoms with Crippen LogP contribution in [0.15, 0.2) is 65.7 Å². The second kappa shape index (κ2) is 8.67. The summed E-state index contributed by atoms with van der Waals surface area (Å²) in [5, 5.41) is 7.30. The topological polar surface area (TPSA) is 63.1 Å². The summed E-state index contributed by atoms with van der Waals surface area (Å²) >= 11 is 3.49. The predicted molar refractivity (Wildman–Crippen MR) is 112 cm³/mol. The quantitative estimate of drug-likeness (QED) is 0.654. The lowest BCUT2D eigenvalue weighted by Gasteiger charge is -2.32. The minimum atomic E-state index is -0.0277. The zero-order valence-electron chi connectivity index (χ0n) is 15.5. The first-order chi connectivity index (χ1) is 13.7. The Bertz CT molecular complexity index is 929. The molecule has 1 atom stereocenters. The average molecular weight is 440 g/mol. The maximum absolute atomic E-state index is 13.0. The molecule has 4 rings (SSSR count). The van der Waals surface area contributed by atoms with Gasteiger partial charge >= 0.3 is 0 Å². The first-order valence-electron chi connectivity index (χ1n) is 9.41. The van der Waals surface area contributed by atoms with Crippen LogP contribution in [0.1, 0.15) is 18.4 Å². The first kappa shape index (κ1) is 18.8. The Hall–Kier alpha value is -2.51. The largest absolute Gasteiger partial charge is 0.324 e. The zero-order chi connectivity index (χ0) is 19.3. The van der Waals surface area contributed by atoms with E-state index in [2.05, 4.69) is 60.5 Å². The van der Waals surface area contributed by atoms with Gasteiger partial charge in [-0.2, -0.15) is 5.10 Å². The van der Waals surface area contributed by atoms with Crippen LogP contribution in [0.2, 0.25) is 0 Å². The van der Waals surface area contributed by atoms with Gasteiger partial charge in [0, 0.05) is 17.6 Å². The third-order valence-corrected chi connectivity index (χ3v) is 5.50. The lowest BCUT2D eigenvalue weighted by atomic mass is 9.96. The molecule has 0 radical (unpaired) electrons. The number of likely N-dealkylation sites (tertiary alicyclic amines) is 1. The number of halogens is 1. The maximum atomic E-state index is 13.0. The minimum absolute atomic E-state index is 0.0277. The molecule has 1 aromatic heterocycles. The highest BCUT2D eigenvalue weighted by Gasteiger charge is 2.26. The molecule has 0 spiro atoms. The van der Waals surface area contributed by atoms with Crippen molar-refractivity contribution in [2.75, 3.05) is 18.4 Å². The summed E-state index contributed by atoms with van der Waals surface area (Å²) in [6.45, 7) is 2.68. The van der Waals surface area contributed by atoms with Gasteiger partial charge in [0.15, 0.2) is 0 Å². The predicted octanol–water partition coefficient (Wildman–Crippen LogP) is 3.88. The van der Waals surface area contributed by atoms with Crippen LogP contribution in [-0.2, 0) is 11.3 Å². The van der Waals surface area contributed by atoms with Gasteiger partial charge in [-0.3, -0.25) is 9.69 Å². The van der Waals surface area contributed by atoms with Crippen molar-refractivity contribution in [3.8, 4) is 5.69 Å². The van der Waals surface area contributed by atoms with E-state index in [1.54, 1.807) is 11.0 Å². The zero-order valence-corrected chi connectivity index (χ0v) is 17.0. The number of aromatic nitrogens is 3. The number of amides is 1. The highest BCUT2D eigenvalue weighted by molar-refractivity contribution is 9.10. The summed E-state index contributed by atoms with van der Waals surface area (Å²) in [5.41, 5.74) is 2.81. The molecule has 0 bridgehead atoms. The van der Waals surface area contributed by atoms with Crippen LogP contribution in [0.4, 0.5) is 5.69 Å². The van der Waals surface area contributed by atoms with E-state index in [1.807, 2.05) is 24.3 Å². The molecule has 144 valence electrons. The smallest absolute Gasteiger partial charge is 0.228 e. The maximum Gasteiger partial charge on any atom is 0.228 e. The Kier molecular flexibility index (Phi) is 5.83.